The van der Waals surface area contributed by atoms with Crippen LogP contribution in [0.4, 0.5) is 16.4 Å². The summed E-state index contributed by atoms with van der Waals surface area (Å²) in [6, 6.07) is 58.5. The van der Waals surface area contributed by atoms with Crippen LogP contribution in [0.5, 0.6) is 0 Å². The van der Waals surface area contributed by atoms with Gasteiger partial charge in [0.05, 0.1) is 10.7 Å². The Hall–Kier alpha value is -6.10. The maximum absolute atomic E-state index is 2.91. The summed E-state index contributed by atoms with van der Waals surface area (Å²) in [7, 11) is 0. The summed E-state index contributed by atoms with van der Waals surface area (Å²) in [5, 5.41) is 11.1. The van der Waals surface area contributed by atoms with Gasteiger partial charge >= 0.3 is 6.85 Å². The molecule has 364 valence electrons. The molecule has 2 aromatic heterocycles. The van der Waals surface area contributed by atoms with Gasteiger partial charge in [0, 0.05) is 43.3 Å². The second-order valence-electron chi connectivity index (χ2n) is 26.2. The molecule has 8 aromatic carbocycles. The summed E-state index contributed by atoms with van der Waals surface area (Å²) >= 11 is 2.00. The Bertz CT molecular complexity index is 4040. The maximum Gasteiger partial charge on any atom is 0.334 e. The van der Waals surface area contributed by atoms with Crippen LogP contribution in [0, 0.1) is 29.6 Å². The van der Waals surface area contributed by atoms with E-state index in [-0.39, 0.29) is 23.1 Å². The molecule has 6 atom stereocenters. The Kier molecular flexibility index (Phi) is 8.79. The Morgan fingerprint density at radius 2 is 1.34 bits per heavy atom. The number of hydrogen-bond donors (Lipinski definition) is 0. The van der Waals surface area contributed by atoms with Crippen molar-refractivity contribution in [1.82, 2.24) is 4.48 Å². The lowest BCUT2D eigenvalue weighted by molar-refractivity contribution is 0.139. The molecule has 4 heterocycles. The van der Waals surface area contributed by atoms with E-state index in [9.17, 15) is 0 Å². The van der Waals surface area contributed by atoms with Crippen LogP contribution in [0.2, 0.25) is 0 Å². The fourth-order valence-electron chi connectivity index (χ4n) is 18.2. The molecule has 0 spiro atoms. The van der Waals surface area contributed by atoms with Gasteiger partial charge in [-0.3, -0.25) is 0 Å². The molecule has 5 bridgehead atoms. The number of anilines is 3. The molecule has 74 heavy (non-hydrogen) atoms. The van der Waals surface area contributed by atoms with Gasteiger partial charge in [-0.25, -0.2) is 0 Å². The maximum atomic E-state index is 2.91. The lowest BCUT2D eigenvalue weighted by atomic mass is 9.45. The van der Waals surface area contributed by atoms with Crippen molar-refractivity contribution in [2.75, 3.05) is 4.90 Å². The molecule has 7 aliphatic rings. The smallest absolute Gasteiger partial charge is 0.334 e. The highest BCUT2D eigenvalue weighted by Gasteiger charge is 2.54. The molecule has 5 aliphatic carbocycles. The van der Waals surface area contributed by atoms with E-state index in [1.54, 1.807) is 11.1 Å². The van der Waals surface area contributed by atoms with Gasteiger partial charge in [0.25, 0.3) is 0 Å². The first kappa shape index (κ1) is 43.2. The third-order valence-corrected chi connectivity index (χ3v) is 22.6. The molecular formula is C70H65BN2S. The molecule has 0 amide bonds. The molecule has 5 saturated carbocycles. The summed E-state index contributed by atoms with van der Waals surface area (Å²) in [4.78, 5) is 2.75. The molecule has 10 aromatic rings. The first-order chi connectivity index (χ1) is 36.1. The van der Waals surface area contributed by atoms with E-state index in [0.29, 0.717) is 0 Å². The normalized spacial score (nSPS) is 26.3. The van der Waals surface area contributed by atoms with Crippen molar-refractivity contribution in [2.45, 2.75) is 121 Å². The Labute approximate surface area is 440 Å². The van der Waals surface area contributed by atoms with Crippen LogP contribution in [-0.4, -0.2) is 11.3 Å². The Balaban J connectivity index is 1.02. The Morgan fingerprint density at radius 3 is 2.15 bits per heavy atom. The minimum atomic E-state index is -0.0196. The third kappa shape index (κ3) is 5.85. The van der Waals surface area contributed by atoms with Gasteiger partial charge < -0.3 is 9.38 Å². The zero-order chi connectivity index (χ0) is 49.0. The SMILES string of the molecule is CCC1(c2ccc3c(c2)c2cc(C45CCC6CC(CC6C4)C5)cc4c2n3B2c3c(cc5ccccc5c3-4)N(c3ccc(C(C)(C)C)cc3-c3ccccc3)c3sc4cc5ccccc5cc4c32)CC2CCC(C2)C1. The summed E-state index contributed by atoms with van der Waals surface area (Å²) in [5.41, 5.74) is 18.9. The van der Waals surface area contributed by atoms with E-state index in [2.05, 4.69) is 183 Å². The van der Waals surface area contributed by atoms with Gasteiger partial charge in [-0.1, -0.05) is 132 Å². The predicted octanol–water partition coefficient (Wildman–Crippen LogP) is 18.0. The monoisotopic (exact) mass is 976 g/mol. The first-order valence-electron chi connectivity index (χ1n) is 28.8. The fraction of sp³-hybridized carbons (Fsp3) is 0.343. The van der Waals surface area contributed by atoms with Crippen LogP contribution >= 0.6 is 11.3 Å². The van der Waals surface area contributed by atoms with Gasteiger partial charge in [0.2, 0.25) is 0 Å². The lowest BCUT2D eigenvalue weighted by Crippen LogP contribution is -2.56. The number of aromatic nitrogens is 1. The number of rotatable bonds is 5. The topological polar surface area (TPSA) is 8.17 Å². The Morgan fingerprint density at radius 1 is 0.581 bits per heavy atom. The number of thiophene rings is 1. The molecule has 2 nitrogen and oxygen atoms in total. The van der Waals surface area contributed by atoms with Gasteiger partial charge in [-0.2, -0.15) is 0 Å². The van der Waals surface area contributed by atoms with Crippen molar-refractivity contribution in [3.8, 4) is 22.3 Å². The van der Waals surface area contributed by atoms with Crippen LogP contribution in [-0.2, 0) is 16.2 Å². The second kappa shape index (κ2) is 15.1. The number of hydrogen-bond acceptors (Lipinski definition) is 2. The highest BCUT2D eigenvalue weighted by molar-refractivity contribution is 7.26. The zero-order valence-corrected chi connectivity index (χ0v) is 44.4. The molecule has 0 saturated heterocycles. The summed E-state index contributed by atoms with van der Waals surface area (Å²) < 4.78 is 4.27. The van der Waals surface area contributed by atoms with Crippen LogP contribution in [0.3, 0.4) is 0 Å². The molecule has 5 fully saturated rings. The average Bonchev–Trinajstić information content (AvgIpc) is 4.25. The van der Waals surface area contributed by atoms with Crippen molar-refractivity contribution in [1.29, 1.82) is 0 Å². The summed E-state index contributed by atoms with van der Waals surface area (Å²) in [6.07, 6.45) is 16.7. The van der Waals surface area contributed by atoms with Gasteiger partial charge in [0.15, 0.2) is 0 Å². The van der Waals surface area contributed by atoms with Gasteiger partial charge in [-0.05, 0) is 230 Å². The molecular weight excluding hydrogens is 912 g/mol. The molecule has 2 aliphatic heterocycles. The van der Waals surface area contributed by atoms with Crippen molar-refractivity contribution in [3.05, 3.63) is 162 Å². The standard InChI is InChI=1S/C70H65BN2S/c1-5-69(37-41-19-20-42(27-41)38-69)51-22-24-60-55(34-51)56-35-52(70-26-25-47-28-43(39-70)29-49(47)40-70)36-58-63-53-18-12-11-17-48(53)31-61-65(63)71(73(60)66(56)58)64-57-30-45-15-9-10-16-46(45)32-62(57)74-67(64)72(61)59-23-21-50(68(2,3)4)33-54(59)44-13-7-6-8-14-44/h6-18,21-24,30-36,41-43,47,49H,5,19-20,25-29,37-40H2,1-4H3. The minimum absolute atomic E-state index is 0.00779. The van der Waals surface area contributed by atoms with Gasteiger partial charge in [0.1, 0.15) is 0 Å². The predicted molar refractivity (Wildman–Crippen MR) is 316 cm³/mol. The van der Waals surface area contributed by atoms with Crippen LogP contribution in [0.25, 0.3) is 75.7 Å². The molecule has 6 unspecified atom stereocenters. The number of benzene rings is 8. The van der Waals surface area contributed by atoms with Crippen molar-refractivity contribution >= 4 is 98.9 Å². The first-order valence-corrected chi connectivity index (χ1v) is 29.6. The van der Waals surface area contributed by atoms with Crippen molar-refractivity contribution < 1.29 is 0 Å². The molecule has 0 radical (unpaired) electrons. The molecule has 0 N–H and O–H groups in total. The minimum Gasteiger partial charge on any atom is -0.375 e. The number of nitrogens with zero attached hydrogens (tertiary/aromatic N) is 2. The quantitative estimate of drug-likeness (QED) is 0.156. The van der Waals surface area contributed by atoms with Gasteiger partial charge in [-0.15, -0.1) is 11.3 Å². The molecule has 17 rings (SSSR count). The molecule has 4 heteroatoms. The van der Waals surface area contributed by atoms with E-state index in [1.807, 2.05) is 11.3 Å². The van der Waals surface area contributed by atoms with Crippen LogP contribution in [0.1, 0.15) is 121 Å². The fourth-order valence-corrected chi connectivity index (χ4v) is 19.4. The van der Waals surface area contributed by atoms with Crippen LogP contribution in [0.15, 0.2) is 146 Å². The van der Waals surface area contributed by atoms with Crippen molar-refractivity contribution in [2.24, 2.45) is 29.6 Å². The van der Waals surface area contributed by atoms with E-state index >= 15 is 0 Å². The van der Waals surface area contributed by atoms with E-state index in [1.165, 1.54) is 186 Å². The van der Waals surface area contributed by atoms with E-state index in [4.69, 9.17) is 0 Å². The highest BCUT2D eigenvalue weighted by Crippen LogP contribution is 2.63. The summed E-state index contributed by atoms with van der Waals surface area (Å²) in [6.45, 7) is 9.57. The third-order valence-electron chi connectivity index (χ3n) is 21.4. The summed E-state index contributed by atoms with van der Waals surface area (Å²) in [5.74, 6) is 4.46. The van der Waals surface area contributed by atoms with Crippen molar-refractivity contribution in [3.63, 3.8) is 0 Å². The highest BCUT2D eigenvalue weighted by atomic mass is 32.1. The zero-order valence-electron chi connectivity index (χ0n) is 43.6. The second-order valence-corrected chi connectivity index (χ2v) is 27.2. The van der Waals surface area contributed by atoms with E-state index in [0.717, 1.165) is 29.6 Å². The average molecular weight is 977 g/mol. The number of fused-ring (bicyclic) bond motifs is 16. The largest absolute Gasteiger partial charge is 0.375 e. The van der Waals surface area contributed by atoms with E-state index < -0.39 is 0 Å². The van der Waals surface area contributed by atoms with Crippen LogP contribution < -0.4 is 15.8 Å². The lowest BCUT2D eigenvalue weighted by Gasteiger charge is -2.46.